The van der Waals surface area contributed by atoms with Crippen molar-refractivity contribution in [3.05, 3.63) is 0 Å². The van der Waals surface area contributed by atoms with Gasteiger partial charge in [-0.1, -0.05) is 0 Å². The zero-order valence-corrected chi connectivity index (χ0v) is 8.24. The Morgan fingerprint density at radius 2 is 1.92 bits per heavy atom. The van der Waals surface area contributed by atoms with Gasteiger partial charge in [-0.2, -0.15) is 0 Å². The lowest BCUT2D eigenvalue weighted by atomic mass is 10.0. The monoisotopic (exact) mass is 181 g/mol. The Balaban J connectivity index is 1.62. The highest BCUT2D eigenvalue weighted by atomic mass is 16.5. The first-order chi connectivity index (χ1) is 6.45. The topological polar surface area (TPSA) is 12.5 Å². The molecule has 2 heterocycles. The molecule has 3 aliphatic rings. The third kappa shape index (κ3) is 1.50. The van der Waals surface area contributed by atoms with Crippen molar-refractivity contribution in [2.45, 2.75) is 44.2 Å². The van der Waals surface area contributed by atoms with Crippen LogP contribution in [0.25, 0.3) is 0 Å². The second-order valence-corrected chi connectivity index (χ2v) is 4.79. The molecule has 1 aliphatic carbocycles. The molecule has 1 saturated carbocycles. The van der Waals surface area contributed by atoms with Gasteiger partial charge in [0.2, 0.25) is 0 Å². The maximum absolute atomic E-state index is 5.41. The molecule has 0 aromatic rings. The van der Waals surface area contributed by atoms with Crippen LogP contribution in [0.2, 0.25) is 0 Å². The van der Waals surface area contributed by atoms with E-state index in [2.05, 4.69) is 4.90 Å². The van der Waals surface area contributed by atoms with Gasteiger partial charge in [-0.05, 0) is 44.6 Å². The van der Waals surface area contributed by atoms with Crippen molar-refractivity contribution < 1.29 is 4.74 Å². The number of hydrogen-bond acceptors (Lipinski definition) is 2. The lowest BCUT2D eigenvalue weighted by Crippen LogP contribution is -2.43. The van der Waals surface area contributed by atoms with Crippen LogP contribution in [-0.2, 0) is 4.74 Å². The molecule has 0 N–H and O–H groups in total. The normalized spacial score (nSPS) is 41.5. The van der Waals surface area contributed by atoms with Gasteiger partial charge in [-0.25, -0.2) is 0 Å². The highest BCUT2D eigenvalue weighted by Crippen LogP contribution is 2.44. The summed E-state index contributed by atoms with van der Waals surface area (Å²) in [6, 6.07) is 1.85. The number of rotatable bonds is 1. The summed E-state index contributed by atoms with van der Waals surface area (Å²) < 4.78 is 5.41. The highest BCUT2D eigenvalue weighted by Gasteiger charge is 2.46. The summed E-state index contributed by atoms with van der Waals surface area (Å²) in [5.74, 6) is 1.08. The predicted octanol–water partition coefficient (Wildman–Crippen LogP) is 1.65. The van der Waals surface area contributed by atoms with E-state index in [0.29, 0.717) is 0 Å². The van der Waals surface area contributed by atoms with Crippen LogP contribution < -0.4 is 0 Å². The molecule has 2 heteroatoms. The van der Waals surface area contributed by atoms with E-state index in [4.69, 9.17) is 4.74 Å². The molecular formula is C11H19NO. The van der Waals surface area contributed by atoms with Gasteiger partial charge in [0.05, 0.1) is 0 Å². The molecular weight excluding hydrogens is 162 g/mol. The fraction of sp³-hybridized carbons (Fsp3) is 1.00. The van der Waals surface area contributed by atoms with Crippen LogP contribution in [0.3, 0.4) is 0 Å². The van der Waals surface area contributed by atoms with Crippen molar-refractivity contribution in [2.75, 3.05) is 19.8 Å². The number of piperidine rings is 1. The second-order valence-electron chi connectivity index (χ2n) is 4.79. The molecule has 3 rings (SSSR count). The zero-order valence-electron chi connectivity index (χ0n) is 8.24. The number of ether oxygens (including phenoxy) is 1. The quantitative estimate of drug-likeness (QED) is 0.610. The molecule has 0 amide bonds. The largest absolute Gasteiger partial charge is 0.381 e. The predicted molar refractivity (Wildman–Crippen MR) is 51.7 cm³/mol. The standard InChI is InChI=1S/C11H19NO/c1-2-9-8-11(9)12(5-1)10-3-6-13-7-4-10/h9-11H,1-8H2. The maximum atomic E-state index is 5.41. The van der Waals surface area contributed by atoms with Crippen molar-refractivity contribution in [3.8, 4) is 0 Å². The smallest absolute Gasteiger partial charge is 0.0480 e. The first kappa shape index (κ1) is 8.25. The van der Waals surface area contributed by atoms with E-state index in [1.165, 1.54) is 38.6 Å². The third-order valence-corrected chi connectivity index (χ3v) is 3.96. The Morgan fingerprint density at radius 1 is 1.08 bits per heavy atom. The molecule has 0 bridgehead atoms. The molecule has 13 heavy (non-hydrogen) atoms. The van der Waals surface area contributed by atoms with Crippen LogP contribution in [0.4, 0.5) is 0 Å². The average Bonchev–Trinajstić information content (AvgIpc) is 2.97. The van der Waals surface area contributed by atoms with Crippen molar-refractivity contribution in [1.82, 2.24) is 4.90 Å². The molecule has 2 unspecified atom stereocenters. The Hall–Kier alpha value is -0.0800. The van der Waals surface area contributed by atoms with Crippen LogP contribution in [0.5, 0.6) is 0 Å². The molecule has 2 aliphatic heterocycles. The minimum absolute atomic E-state index is 0.865. The molecule has 0 spiro atoms. The van der Waals surface area contributed by atoms with Crippen molar-refractivity contribution >= 4 is 0 Å². The van der Waals surface area contributed by atoms with Gasteiger partial charge in [0.15, 0.2) is 0 Å². The first-order valence-corrected chi connectivity index (χ1v) is 5.78. The lowest BCUT2D eigenvalue weighted by molar-refractivity contribution is 0.0231. The summed E-state index contributed by atoms with van der Waals surface area (Å²) in [6.45, 7) is 3.36. The van der Waals surface area contributed by atoms with Gasteiger partial charge in [0.25, 0.3) is 0 Å². The van der Waals surface area contributed by atoms with Gasteiger partial charge < -0.3 is 4.74 Å². The van der Waals surface area contributed by atoms with Crippen LogP contribution in [0, 0.1) is 5.92 Å². The van der Waals surface area contributed by atoms with Crippen molar-refractivity contribution in [3.63, 3.8) is 0 Å². The van der Waals surface area contributed by atoms with Crippen LogP contribution in [-0.4, -0.2) is 36.7 Å². The zero-order chi connectivity index (χ0) is 8.67. The van der Waals surface area contributed by atoms with Gasteiger partial charge in [-0.3, -0.25) is 4.90 Å². The fourth-order valence-corrected chi connectivity index (χ4v) is 3.12. The van der Waals surface area contributed by atoms with Gasteiger partial charge in [0.1, 0.15) is 0 Å². The lowest BCUT2D eigenvalue weighted by Gasteiger charge is -2.36. The van der Waals surface area contributed by atoms with Crippen LogP contribution >= 0.6 is 0 Å². The Kier molecular flexibility index (Phi) is 2.06. The number of hydrogen-bond donors (Lipinski definition) is 0. The third-order valence-electron chi connectivity index (χ3n) is 3.96. The molecule has 0 aromatic heterocycles. The van der Waals surface area contributed by atoms with E-state index in [1.54, 1.807) is 0 Å². The molecule has 2 atom stereocenters. The van der Waals surface area contributed by atoms with Crippen LogP contribution in [0.15, 0.2) is 0 Å². The van der Waals surface area contributed by atoms with Gasteiger partial charge >= 0.3 is 0 Å². The Bertz CT molecular complexity index is 189. The van der Waals surface area contributed by atoms with E-state index in [-0.39, 0.29) is 0 Å². The minimum atomic E-state index is 0.865. The molecule has 3 fully saturated rings. The summed E-state index contributed by atoms with van der Waals surface area (Å²) in [7, 11) is 0. The summed E-state index contributed by atoms with van der Waals surface area (Å²) in [5, 5.41) is 0. The van der Waals surface area contributed by atoms with Gasteiger partial charge in [0, 0.05) is 25.3 Å². The summed E-state index contributed by atoms with van der Waals surface area (Å²) in [5.41, 5.74) is 0. The van der Waals surface area contributed by atoms with E-state index in [9.17, 15) is 0 Å². The summed E-state index contributed by atoms with van der Waals surface area (Å²) >= 11 is 0. The Labute approximate surface area is 80.2 Å². The van der Waals surface area contributed by atoms with Crippen LogP contribution in [0.1, 0.15) is 32.1 Å². The molecule has 2 nitrogen and oxygen atoms in total. The second kappa shape index (κ2) is 3.25. The summed E-state index contributed by atoms with van der Waals surface area (Å²) in [4.78, 5) is 2.79. The van der Waals surface area contributed by atoms with E-state index < -0.39 is 0 Å². The Morgan fingerprint density at radius 3 is 2.77 bits per heavy atom. The summed E-state index contributed by atoms with van der Waals surface area (Å²) in [6.07, 6.45) is 7.01. The molecule has 74 valence electrons. The number of nitrogens with zero attached hydrogens (tertiary/aromatic N) is 1. The number of fused-ring (bicyclic) bond motifs is 1. The minimum Gasteiger partial charge on any atom is -0.381 e. The molecule has 2 saturated heterocycles. The SMILES string of the molecule is C1CC2CC2N(C2CCOCC2)C1. The molecule has 0 radical (unpaired) electrons. The van der Waals surface area contributed by atoms with Crippen molar-refractivity contribution in [2.24, 2.45) is 5.92 Å². The van der Waals surface area contributed by atoms with E-state index in [1.807, 2.05) is 0 Å². The van der Waals surface area contributed by atoms with Crippen molar-refractivity contribution in [1.29, 1.82) is 0 Å². The van der Waals surface area contributed by atoms with E-state index >= 15 is 0 Å². The van der Waals surface area contributed by atoms with Gasteiger partial charge in [-0.15, -0.1) is 0 Å². The fourth-order valence-electron chi connectivity index (χ4n) is 3.12. The average molecular weight is 181 g/mol. The highest BCUT2D eigenvalue weighted by molar-refractivity contribution is 5.00. The molecule has 0 aromatic carbocycles. The number of likely N-dealkylation sites (tertiary alicyclic amines) is 1. The van der Waals surface area contributed by atoms with E-state index in [0.717, 1.165) is 31.2 Å². The first-order valence-electron chi connectivity index (χ1n) is 5.78. The maximum Gasteiger partial charge on any atom is 0.0480 e.